The van der Waals surface area contributed by atoms with Crippen LogP contribution < -0.4 is 5.43 Å². The highest BCUT2D eigenvalue weighted by Gasteiger charge is 2.06. The summed E-state index contributed by atoms with van der Waals surface area (Å²) in [4.78, 5) is 11.4. The number of phenolic OH excluding ortho intramolecular Hbond substituents is 1. The second-order valence-electron chi connectivity index (χ2n) is 3.38. The second-order valence-corrected chi connectivity index (χ2v) is 3.82. The predicted molar refractivity (Wildman–Crippen MR) is 66.9 cm³/mol. The van der Waals surface area contributed by atoms with Crippen LogP contribution in [0.3, 0.4) is 0 Å². The topological polar surface area (TPSA) is 74.8 Å². The zero-order chi connectivity index (χ0) is 13.0. The van der Waals surface area contributed by atoms with Crippen LogP contribution in [0.15, 0.2) is 46.1 Å². The number of amides is 1. The Hall–Kier alpha value is -2.27. The average molecular weight is 265 g/mol. The number of rotatable bonds is 3. The summed E-state index contributed by atoms with van der Waals surface area (Å²) in [5.74, 6) is -0.296. The maximum atomic E-state index is 11.4. The third-order valence-electron chi connectivity index (χ3n) is 2.10. The molecule has 2 aromatic rings. The van der Waals surface area contributed by atoms with E-state index in [1.807, 2.05) is 0 Å². The third-order valence-corrected chi connectivity index (χ3v) is 2.34. The molecule has 2 rings (SSSR count). The van der Waals surface area contributed by atoms with E-state index in [1.54, 1.807) is 12.1 Å². The highest BCUT2D eigenvalue weighted by Crippen LogP contribution is 2.19. The summed E-state index contributed by atoms with van der Waals surface area (Å²) in [5.41, 5.74) is 2.67. The monoisotopic (exact) mass is 264 g/mol. The van der Waals surface area contributed by atoms with Gasteiger partial charge in [0, 0.05) is 10.6 Å². The molecule has 1 aromatic carbocycles. The summed E-state index contributed by atoms with van der Waals surface area (Å²) in [6.45, 7) is 0. The summed E-state index contributed by atoms with van der Waals surface area (Å²) in [7, 11) is 0. The van der Waals surface area contributed by atoms with Gasteiger partial charge in [-0.2, -0.15) is 5.10 Å². The maximum Gasteiger partial charge on any atom is 0.307 e. The molecule has 0 aliphatic carbocycles. The molecule has 0 fully saturated rings. The summed E-state index contributed by atoms with van der Waals surface area (Å²) < 4.78 is 4.88. The number of carbonyl (C=O) groups is 1. The molecule has 1 heterocycles. The van der Waals surface area contributed by atoms with Crippen LogP contribution in [0.25, 0.3) is 0 Å². The quantitative estimate of drug-likeness (QED) is 0.660. The number of nitrogens with zero attached hydrogens (tertiary/aromatic N) is 1. The molecule has 0 saturated heterocycles. The van der Waals surface area contributed by atoms with Crippen molar-refractivity contribution < 1.29 is 14.3 Å². The van der Waals surface area contributed by atoms with Crippen LogP contribution in [0.5, 0.6) is 5.75 Å². The fourth-order valence-electron chi connectivity index (χ4n) is 1.25. The molecule has 1 aromatic heterocycles. The normalized spacial score (nSPS) is 10.7. The molecule has 92 valence electrons. The van der Waals surface area contributed by atoms with E-state index in [2.05, 4.69) is 10.5 Å². The van der Waals surface area contributed by atoms with Crippen LogP contribution in [0.1, 0.15) is 16.1 Å². The van der Waals surface area contributed by atoms with Gasteiger partial charge in [-0.05, 0) is 30.3 Å². The first-order valence-corrected chi connectivity index (χ1v) is 5.40. The van der Waals surface area contributed by atoms with E-state index < -0.39 is 5.91 Å². The Labute approximate surface area is 108 Å². The molecule has 0 atom stereocenters. The fraction of sp³-hybridized carbons (Fsp3) is 0. The number of halogens is 1. The lowest BCUT2D eigenvalue weighted by atomic mass is 10.2. The Morgan fingerprint density at radius 3 is 3.00 bits per heavy atom. The van der Waals surface area contributed by atoms with Gasteiger partial charge in [0.05, 0.1) is 12.5 Å². The molecule has 0 aliphatic heterocycles. The van der Waals surface area contributed by atoms with Crippen molar-refractivity contribution in [1.82, 2.24) is 5.43 Å². The number of aromatic hydroxyl groups is 1. The minimum absolute atomic E-state index is 0.0235. The van der Waals surface area contributed by atoms with Crippen LogP contribution in [-0.2, 0) is 0 Å². The van der Waals surface area contributed by atoms with E-state index in [0.717, 1.165) is 0 Å². The first-order valence-electron chi connectivity index (χ1n) is 5.02. The number of benzene rings is 1. The van der Waals surface area contributed by atoms with Gasteiger partial charge < -0.3 is 9.52 Å². The number of hydrogen-bond donors (Lipinski definition) is 2. The summed E-state index contributed by atoms with van der Waals surface area (Å²) in [5, 5.41) is 13.7. The van der Waals surface area contributed by atoms with Crippen molar-refractivity contribution in [1.29, 1.82) is 0 Å². The lowest BCUT2D eigenvalue weighted by Crippen LogP contribution is -2.16. The molecule has 1 amide bonds. The molecule has 0 unspecified atom stereocenters. The number of hydrogen-bond acceptors (Lipinski definition) is 4. The number of furan rings is 1. The molecular weight excluding hydrogens is 256 g/mol. The van der Waals surface area contributed by atoms with E-state index in [9.17, 15) is 9.90 Å². The van der Waals surface area contributed by atoms with E-state index in [0.29, 0.717) is 10.6 Å². The Balaban J connectivity index is 2.03. The van der Waals surface area contributed by atoms with Crippen molar-refractivity contribution in [2.45, 2.75) is 0 Å². The van der Waals surface area contributed by atoms with Crippen molar-refractivity contribution in [3.8, 4) is 5.75 Å². The third kappa shape index (κ3) is 2.89. The van der Waals surface area contributed by atoms with Gasteiger partial charge in [-0.25, -0.2) is 5.43 Å². The molecule has 5 nitrogen and oxygen atoms in total. The highest BCUT2D eigenvalue weighted by atomic mass is 35.5. The fourth-order valence-corrected chi connectivity index (χ4v) is 1.43. The molecule has 2 N–H and O–H groups in total. The van der Waals surface area contributed by atoms with Crippen LogP contribution in [0.2, 0.25) is 5.02 Å². The molecule has 6 heteroatoms. The molecule has 0 radical (unpaired) electrons. The Morgan fingerprint density at radius 1 is 1.44 bits per heavy atom. The SMILES string of the molecule is O=C(N/N=C/c1cc(Cl)ccc1O)c1ccco1. The van der Waals surface area contributed by atoms with Crippen LogP contribution in [-0.4, -0.2) is 17.2 Å². The van der Waals surface area contributed by atoms with Crippen LogP contribution in [0, 0.1) is 0 Å². The summed E-state index contributed by atoms with van der Waals surface area (Å²) in [6, 6.07) is 7.64. The Kier molecular flexibility index (Phi) is 3.64. The van der Waals surface area contributed by atoms with Gasteiger partial charge in [-0.15, -0.1) is 0 Å². The highest BCUT2D eigenvalue weighted by molar-refractivity contribution is 6.30. The van der Waals surface area contributed by atoms with E-state index >= 15 is 0 Å². The largest absolute Gasteiger partial charge is 0.507 e. The second kappa shape index (κ2) is 5.37. The van der Waals surface area contributed by atoms with Gasteiger partial charge >= 0.3 is 5.91 Å². The zero-order valence-corrected chi connectivity index (χ0v) is 9.89. The van der Waals surface area contributed by atoms with E-state index in [-0.39, 0.29) is 11.5 Å². The van der Waals surface area contributed by atoms with E-state index in [4.69, 9.17) is 16.0 Å². The lowest BCUT2D eigenvalue weighted by Gasteiger charge is -1.99. The van der Waals surface area contributed by atoms with Crippen molar-refractivity contribution in [3.05, 3.63) is 52.9 Å². The molecular formula is C12H9ClN2O3. The van der Waals surface area contributed by atoms with Gasteiger partial charge in [0.1, 0.15) is 5.75 Å². The van der Waals surface area contributed by atoms with Crippen molar-refractivity contribution in [3.63, 3.8) is 0 Å². The van der Waals surface area contributed by atoms with Crippen molar-refractivity contribution in [2.75, 3.05) is 0 Å². The zero-order valence-electron chi connectivity index (χ0n) is 9.13. The van der Waals surface area contributed by atoms with E-state index in [1.165, 1.54) is 30.7 Å². The van der Waals surface area contributed by atoms with Crippen molar-refractivity contribution >= 4 is 23.7 Å². The summed E-state index contributed by atoms with van der Waals surface area (Å²) >= 11 is 5.76. The van der Waals surface area contributed by atoms with Crippen molar-refractivity contribution in [2.24, 2.45) is 5.10 Å². The minimum atomic E-state index is -0.474. The number of phenols is 1. The van der Waals surface area contributed by atoms with Crippen LogP contribution in [0.4, 0.5) is 0 Å². The smallest absolute Gasteiger partial charge is 0.307 e. The van der Waals surface area contributed by atoms with Gasteiger partial charge in [0.15, 0.2) is 5.76 Å². The molecule has 0 saturated carbocycles. The van der Waals surface area contributed by atoms with Gasteiger partial charge in [-0.1, -0.05) is 11.6 Å². The maximum absolute atomic E-state index is 11.4. The van der Waals surface area contributed by atoms with Gasteiger partial charge in [0.25, 0.3) is 0 Å². The standard InChI is InChI=1S/C12H9ClN2O3/c13-9-3-4-10(16)8(6-9)7-14-15-12(17)11-2-1-5-18-11/h1-7,16H,(H,15,17)/b14-7+. The molecule has 18 heavy (non-hydrogen) atoms. The first kappa shape index (κ1) is 12.2. The average Bonchev–Trinajstić information content (AvgIpc) is 2.87. The molecule has 0 aliphatic rings. The van der Waals surface area contributed by atoms with Gasteiger partial charge in [0.2, 0.25) is 0 Å². The molecule has 0 bridgehead atoms. The van der Waals surface area contributed by atoms with Crippen LogP contribution >= 0.6 is 11.6 Å². The number of nitrogens with one attached hydrogen (secondary N) is 1. The summed E-state index contributed by atoms with van der Waals surface area (Å²) in [6.07, 6.45) is 2.68. The lowest BCUT2D eigenvalue weighted by molar-refractivity contribution is 0.0927. The molecule has 0 spiro atoms. The number of hydrazone groups is 1. The Bertz CT molecular complexity index is 579. The number of carbonyl (C=O) groups excluding carboxylic acids is 1. The Morgan fingerprint density at radius 2 is 2.28 bits per heavy atom. The van der Waals surface area contributed by atoms with Gasteiger partial charge in [-0.3, -0.25) is 4.79 Å². The minimum Gasteiger partial charge on any atom is -0.507 e. The first-order chi connectivity index (χ1) is 8.66. The predicted octanol–water partition coefficient (Wildman–Crippen LogP) is 2.40.